The van der Waals surface area contributed by atoms with Crippen LogP contribution in [0.25, 0.3) is 0 Å². The first-order chi connectivity index (χ1) is 8.63. The molecule has 1 amide bonds. The summed E-state index contributed by atoms with van der Waals surface area (Å²) in [6, 6.07) is 0. The molecule has 6 heteroatoms. The Morgan fingerprint density at radius 1 is 1.50 bits per heavy atom. The quantitative estimate of drug-likeness (QED) is 0.606. The summed E-state index contributed by atoms with van der Waals surface area (Å²) in [4.78, 5) is 25.8. The average Bonchev–Trinajstić information content (AvgIpc) is 2.78. The fourth-order valence-electron chi connectivity index (χ4n) is 1.13. The summed E-state index contributed by atoms with van der Waals surface area (Å²) >= 11 is 1.28. The van der Waals surface area contributed by atoms with Crippen molar-refractivity contribution in [2.45, 2.75) is 13.3 Å². The van der Waals surface area contributed by atoms with Gasteiger partial charge < -0.3 is 10.4 Å². The van der Waals surface area contributed by atoms with Gasteiger partial charge in [0.2, 0.25) is 5.91 Å². The lowest BCUT2D eigenvalue weighted by Crippen LogP contribution is -2.23. The Morgan fingerprint density at radius 3 is 2.89 bits per heavy atom. The molecule has 0 saturated carbocycles. The Labute approximate surface area is 109 Å². The molecule has 0 aliphatic heterocycles. The van der Waals surface area contributed by atoms with Crippen LogP contribution in [0.2, 0.25) is 0 Å². The molecule has 0 aromatic carbocycles. The van der Waals surface area contributed by atoms with E-state index in [1.165, 1.54) is 22.8 Å². The van der Waals surface area contributed by atoms with E-state index in [4.69, 9.17) is 5.11 Å². The predicted octanol–water partition coefficient (Wildman–Crippen LogP) is 1.63. The highest BCUT2D eigenvalue weighted by Gasteiger charge is 2.08. The molecule has 0 aliphatic rings. The molecule has 0 radical (unpaired) electrons. The summed E-state index contributed by atoms with van der Waals surface area (Å²) in [7, 11) is 0. The van der Waals surface area contributed by atoms with Crippen LogP contribution < -0.4 is 5.32 Å². The van der Waals surface area contributed by atoms with E-state index in [9.17, 15) is 9.59 Å². The van der Waals surface area contributed by atoms with Crippen molar-refractivity contribution in [3.05, 3.63) is 40.4 Å². The zero-order valence-corrected chi connectivity index (χ0v) is 10.7. The van der Waals surface area contributed by atoms with Crippen molar-refractivity contribution < 1.29 is 14.7 Å². The molecule has 0 spiro atoms. The predicted molar refractivity (Wildman–Crippen MR) is 69.7 cm³/mol. The summed E-state index contributed by atoms with van der Waals surface area (Å²) in [5.41, 5.74) is 0.0503. The molecule has 1 heterocycles. The second-order valence-corrected chi connectivity index (χ2v) is 4.30. The third-order valence-corrected chi connectivity index (χ3v) is 2.87. The van der Waals surface area contributed by atoms with Crippen LogP contribution in [0.15, 0.2) is 29.7 Å². The largest absolute Gasteiger partial charge is 0.476 e. The zero-order chi connectivity index (χ0) is 13.4. The Morgan fingerprint density at radius 2 is 2.28 bits per heavy atom. The summed E-state index contributed by atoms with van der Waals surface area (Å²) in [6.07, 6.45) is 7.21. The lowest BCUT2D eigenvalue weighted by molar-refractivity contribution is -0.116. The number of carboxylic acids is 1. The van der Waals surface area contributed by atoms with Gasteiger partial charge in [-0.2, -0.15) is 0 Å². The number of amides is 1. The summed E-state index contributed by atoms with van der Waals surface area (Å²) < 4.78 is 0. The normalized spacial score (nSPS) is 11.2. The minimum atomic E-state index is -1.03. The summed E-state index contributed by atoms with van der Waals surface area (Å²) in [6.45, 7) is 2.30. The number of carbonyl (C=O) groups excluding carboxylic acids is 1. The number of aromatic carboxylic acids is 1. The van der Waals surface area contributed by atoms with Gasteiger partial charge in [0.1, 0.15) is 0 Å². The molecule has 1 rings (SSSR count). The lowest BCUT2D eigenvalue weighted by Gasteiger charge is -1.98. The molecule has 96 valence electrons. The molecule has 2 N–H and O–H groups in total. The minimum Gasteiger partial charge on any atom is -0.476 e. The van der Waals surface area contributed by atoms with Gasteiger partial charge in [-0.3, -0.25) is 4.79 Å². The number of nitrogens with zero attached hydrogens (tertiary/aromatic N) is 1. The summed E-state index contributed by atoms with van der Waals surface area (Å²) in [5.74, 6) is -1.21. The molecule has 1 aromatic heterocycles. The number of hydrogen-bond acceptors (Lipinski definition) is 4. The van der Waals surface area contributed by atoms with Crippen LogP contribution in [0.4, 0.5) is 0 Å². The van der Waals surface area contributed by atoms with Crippen LogP contribution in [-0.4, -0.2) is 28.5 Å². The van der Waals surface area contributed by atoms with Gasteiger partial charge in [0, 0.05) is 24.4 Å². The topological polar surface area (TPSA) is 79.3 Å². The molecule has 18 heavy (non-hydrogen) atoms. The Kier molecular flexibility index (Phi) is 5.79. The fourth-order valence-corrected chi connectivity index (χ4v) is 1.90. The highest BCUT2D eigenvalue weighted by molar-refractivity contribution is 7.09. The highest BCUT2D eigenvalue weighted by Crippen LogP contribution is 2.09. The van der Waals surface area contributed by atoms with E-state index in [1.807, 2.05) is 13.0 Å². The van der Waals surface area contributed by atoms with E-state index in [2.05, 4.69) is 10.3 Å². The third-order valence-electron chi connectivity index (χ3n) is 1.96. The standard InChI is InChI=1S/C12H14N2O3S/c1-2-3-4-5-10(15)13-7-6-11-14-9(8-18-11)12(16)17/h2-5,8H,6-7H2,1H3,(H,13,15)(H,16,17)/b3-2+,5-4+. The fraction of sp³-hybridized carbons (Fsp3) is 0.250. The number of carbonyl (C=O) groups is 2. The number of aromatic nitrogens is 1. The first kappa shape index (κ1) is 14.1. The molecule has 0 aliphatic carbocycles. The first-order valence-corrected chi connectivity index (χ1v) is 6.26. The van der Waals surface area contributed by atoms with Crippen LogP contribution in [-0.2, 0) is 11.2 Å². The molecule has 0 bridgehead atoms. The maximum Gasteiger partial charge on any atom is 0.355 e. The van der Waals surface area contributed by atoms with Crippen molar-refractivity contribution in [3.8, 4) is 0 Å². The molecule has 1 aromatic rings. The van der Waals surface area contributed by atoms with Crippen molar-refractivity contribution in [3.63, 3.8) is 0 Å². The van der Waals surface area contributed by atoms with Gasteiger partial charge in [0.15, 0.2) is 5.69 Å². The van der Waals surface area contributed by atoms with E-state index >= 15 is 0 Å². The van der Waals surface area contributed by atoms with Gasteiger partial charge in [0.25, 0.3) is 0 Å². The Bertz CT molecular complexity index is 477. The van der Waals surface area contributed by atoms with Gasteiger partial charge >= 0.3 is 5.97 Å². The van der Waals surface area contributed by atoms with Crippen molar-refractivity contribution in [2.24, 2.45) is 0 Å². The second-order valence-electron chi connectivity index (χ2n) is 3.36. The van der Waals surface area contributed by atoms with E-state index in [-0.39, 0.29) is 11.6 Å². The molecular formula is C12H14N2O3S. The first-order valence-electron chi connectivity index (χ1n) is 5.38. The highest BCUT2D eigenvalue weighted by atomic mass is 32.1. The van der Waals surface area contributed by atoms with Crippen LogP contribution in [0.3, 0.4) is 0 Å². The van der Waals surface area contributed by atoms with Gasteiger partial charge in [-0.25, -0.2) is 9.78 Å². The second kappa shape index (κ2) is 7.39. The van der Waals surface area contributed by atoms with Crippen LogP contribution in [0.1, 0.15) is 22.4 Å². The van der Waals surface area contributed by atoms with Gasteiger partial charge in [0.05, 0.1) is 5.01 Å². The Hall–Kier alpha value is -1.95. The minimum absolute atomic E-state index is 0.0503. The zero-order valence-electron chi connectivity index (χ0n) is 9.92. The monoisotopic (exact) mass is 266 g/mol. The lowest BCUT2D eigenvalue weighted by atomic mass is 10.4. The number of thiazole rings is 1. The van der Waals surface area contributed by atoms with Gasteiger partial charge in [-0.15, -0.1) is 11.3 Å². The van der Waals surface area contributed by atoms with Crippen LogP contribution in [0, 0.1) is 0 Å². The molecule has 0 fully saturated rings. The smallest absolute Gasteiger partial charge is 0.355 e. The van der Waals surface area contributed by atoms with Crippen molar-refractivity contribution in [2.75, 3.05) is 6.54 Å². The maximum absolute atomic E-state index is 11.3. The van der Waals surface area contributed by atoms with Gasteiger partial charge in [-0.1, -0.05) is 18.2 Å². The van der Waals surface area contributed by atoms with E-state index in [0.717, 1.165) is 0 Å². The van der Waals surface area contributed by atoms with Crippen LogP contribution in [0.5, 0.6) is 0 Å². The number of hydrogen-bond donors (Lipinski definition) is 2. The van der Waals surface area contributed by atoms with E-state index < -0.39 is 5.97 Å². The number of rotatable bonds is 6. The van der Waals surface area contributed by atoms with E-state index in [0.29, 0.717) is 18.0 Å². The maximum atomic E-state index is 11.3. The number of carboxylic acid groups (broad SMARTS) is 1. The molecule has 0 saturated heterocycles. The molecular weight excluding hydrogens is 252 g/mol. The third kappa shape index (κ3) is 4.92. The summed E-state index contributed by atoms with van der Waals surface area (Å²) in [5, 5.41) is 13.6. The van der Waals surface area contributed by atoms with Gasteiger partial charge in [-0.05, 0) is 6.92 Å². The van der Waals surface area contributed by atoms with Crippen molar-refractivity contribution >= 4 is 23.2 Å². The molecule has 5 nitrogen and oxygen atoms in total. The SMILES string of the molecule is C/C=C/C=C/C(=O)NCCc1nc(C(=O)O)cs1. The molecule has 0 unspecified atom stereocenters. The molecule has 0 atom stereocenters. The van der Waals surface area contributed by atoms with Crippen molar-refractivity contribution in [1.29, 1.82) is 0 Å². The van der Waals surface area contributed by atoms with Crippen molar-refractivity contribution in [1.82, 2.24) is 10.3 Å². The Balaban J connectivity index is 2.32. The number of nitrogens with one attached hydrogen (secondary N) is 1. The average molecular weight is 266 g/mol. The van der Waals surface area contributed by atoms with Crippen LogP contribution >= 0.6 is 11.3 Å². The number of allylic oxidation sites excluding steroid dienone is 3. The van der Waals surface area contributed by atoms with E-state index in [1.54, 1.807) is 12.2 Å².